The minimum Gasteiger partial charge on any atom is -0.497 e. The van der Waals surface area contributed by atoms with Crippen LogP contribution in [-0.4, -0.2) is 91.2 Å². The predicted molar refractivity (Wildman–Crippen MR) is 248 cm³/mol. The first-order valence-corrected chi connectivity index (χ1v) is 26.3. The van der Waals surface area contributed by atoms with E-state index in [4.69, 9.17) is 37.2 Å². The average Bonchev–Trinajstić information content (AvgIpc) is 3.20. The lowest BCUT2D eigenvalue weighted by molar-refractivity contribution is -0.159. The van der Waals surface area contributed by atoms with Crippen LogP contribution in [0.3, 0.4) is 0 Å². The van der Waals surface area contributed by atoms with Crippen molar-refractivity contribution in [1.29, 1.82) is 0 Å². The molecule has 0 spiro atoms. The molecule has 0 amide bonds. The molecule has 14 heteroatoms. The van der Waals surface area contributed by atoms with Crippen molar-refractivity contribution in [2.45, 2.75) is 156 Å². The van der Waals surface area contributed by atoms with Crippen LogP contribution in [0.2, 0.25) is 16.6 Å². The molecule has 0 unspecified atom stereocenters. The Labute approximate surface area is 374 Å². The second kappa shape index (κ2) is 27.4. The first kappa shape index (κ1) is 55.2. The van der Waals surface area contributed by atoms with Gasteiger partial charge in [0, 0.05) is 38.2 Å². The van der Waals surface area contributed by atoms with Crippen LogP contribution >= 0.6 is 7.60 Å². The second-order valence-electron chi connectivity index (χ2n) is 17.5. The smallest absolute Gasteiger partial charge is 0.341 e. The highest BCUT2D eigenvalue weighted by molar-refractivity contribution is 7.54. The zero-order valence-corrected chi connectivity index (χ0v) is 42.1. The number of aldehydes is 1. The maximum atomic E-state index is 13.9. The Bertz CT molecular complexity index is 1620. The molecule has 1 fully saturated rings. The number of carbonyl (C=O) groups excluding carboxylic acids is 3. The van der Waals surface area contributed by atoms with Crippen molar-refractivity contribution in [1.82, 2.24) is 0 Å². The van der Waals surface area contributed by atoms with E-state index in [-0.39, 0.29) is 66.1 Å². The lowest BCUT2D eigenvalue weighted by atomic mass is 9.87. The molecule has 1 aliphatic heterocycles. The standard InChI is InChI=1S/C48H79O12PSi/c1-15-56-61(52,57-16-2)32-47(51)59-45(39(12)48(54-14)38(11)25-27-55-31-40-20-22-42(53-13)23-21-40)30-44(60-62(33(3)4,34(5)6)35(7)8)37(10)19-17-18-36(9)43-28-41(24-26-49)29-46(50)58-43/h17-23,25-26,33-36,39,41,43-45,48H,15-16,24,27-32H2,1-14H3/b18-17+,37-19+,38-25+/t36-,39-,41-,43-,44+,45+,48+/m1/s1. The maximum absolute atomic E-state index is 13.9. The van der Waals surface area contributed by atoms with E-state index in [9.17, 15) is 18.9 Å². The van der Waals surface area contributed by atoms with Gasteiger partial charge in [0.2, 0.25) is 8.32 Å². The van der Waals surface area contributed by atoms with E-state index in [1.54, 1.807) is 28.1 Å². The van der Waals surface area contributed by atoms with Gasteiger partial charge in [-0.25, -0.2) is 0 Å². The molecule has 352 valence electrons. The summed E-state index contributed by atoms with van der Waals surface area (Å²) >= 11 is 0. The van der Waals surface area contributed by atoms with E-state index in [1.807, 2.05) is 76.3 Å². The molecule has 62 heavy (non-hydrogen) atoms. The summed E-state index contributed by atoms with van der Waals surface area (Å²) in [6.07, 6.45) is 7.82. The Morgan fingerprint density at radius 1 is 0.935 bits per heavy atom. The molecule has 2 rings (SSSR count). The van der Waals surface area contributed by atoms with Crippen LogP contribution in [0.5, 0.6) is 5.75 Å². The fraction of sp³-hybridized carbons (Fsp3) is 0.688. The van der Waals surface area contributed by atoms with Gasteiger partial charge in [0.25, 0.3) is 0 Å². The minimum absolute atomic E-state index is 0.0234. The summed E-state index contributed by atoms with van der Waals surface area (Å²) in [5.41, 5.74) is 3.66. The molecule has 1 aliphatic rings. The summed E-state index contributed by atoms with van der Waals surface area (Å²) < 4.78 is 61.6. The topological polar surface area (TPSA) is 142 Å². The number of hydrogen-bond acceptors (Lipinski definition) is 12. The monoisotopic (exact) mass is 907 g/mol. The van der Waals surface area contributed by atoms with Gasteiger partial charge in [-0.3, -0.25) is 14.2 Å². The number of esters is 2. The lowest BCUT2D eigenvalue weighted by Crippen LogP contribution is -2.51. The first-order valence-electron chi connectivity index (χ1n) is 22.4. The van der Waals surface area contributed by atoms with Crippen molar-refractivity contribution in [2.75, 3.05) is 40.2 Å². The van der Waals surface area contributed by atoms with Gasteiger partial charge >= 0.3 is 19.5 Å². The van der Waals surface area contributed by atoms with E-state index in [2.05, 4.69) is 41.5 Å². The van der Waals surface area contributed by atoms with Crippen LogP contribution in [0.4, 0.5) is 0 Å². The number of ether oxygens (including phenoxy) is 5. The molecule has 1 saturated heterocycles. The summed E-state index contributed by atoms with van der Waals surface area (Å²) in [5, 5.41) is 0. The number of methoxy groups -OCH3 is 2. The zero-order valence-electron chi connectivity index (χ0n) is 40.2. The molecule has 1 aromatic carbocycles. The van der Waals surface area contributed by atoms with Crippen molar-refractivity contribution in [3.63, 3.8) is 0 Å². The van der Waals surface area contributed by atoms with Crippen LogP contribution in [0, 0.1) is 17.8 Å². The van der Waals surface area contributed by atoms with Crippen LogP contribution in [-0.2, 0) is 58.0 Å². The highest BCUT2D eigenvalue weighted by atomic mass is 31.2. The van der Waals surface area contributed by atoms with Gasteiger partial charge in [-0.2, -0.15) is 0 Å². The predicted octanol–water partition coefficient (Wildman–Crippen LogP) is 11.0. The summed E-state index contributed by atoms with van der Waals surface area (Å²) in [4.78, 5) is 37.5. The quantitative estimate of drug-likeness (QED) is 0.0144. The third kappa shape index (κ3) is 16.9. The lowest BCUT2D eigenvalue weighted by Gasteiger charge is -2.45. The van der Waals surface area contributed by atoms with E-state index in [1.165, 1.54) is 0 Å². The summed E-state index contributed by atoms with van der Waals surface area (Å²) in [7, 11) is -3.02. The Hall–Kier alpha value is -2.90. The second-order valence-corrected chi connectivity index (χ2v) is 25.0. The number of hydrogen-bond donors (Lipinski definition) is 0. The van der Waals surface area contributed by atoms with Crippen LogP contribution in [0.1, 0.15) is 114 Å². The van der Waals surface area contributed by atoms with Crippen molar-refractivity contribution in [3.8, 4) is 5.75 Å². The van der Waals surface area contributed by atoms with Crippen molar-refractivity contribution in [3.05, 3.63) is 65.3 Å². The van der Waals surface area contributed by atoms with E-state index >= 15 is 0 Å². The van der Waals surface area contributed by atoms with Crippen LogP contribution in [0.25, 0.3) is 0 Å². The van der Waals surface area contributed by atoms with Crippen molar-refractivity contribution < 1.29 is 56.1 Å². The fourth-order valence-electron chi connectivity index (χ4n) is 8.83. The molecule has 0 radical (unpaired) electrons. The van der Waals surface area contributed by atoms with Crippen LogP contribution in [0.15, 0.2) is 59.7 Å². The highest BCUT2D eigenvalue weighted by Crippen LogP contribution is 2.48. The molecule has 1 heterocycles. The van der Waals surface area contributed by atoms with Gasteiger partial charge in [-0.05, 0) is 85.5 Å². The maximum Gasteiger partial charge on any atom is 0.341 e. The summed E-state index contributed by atoms with van der Waals surface area (Å²) in [5.74, 6) is -0.701. The summed E-state index contributed by atoms with van der Waals surface area (Å²) in [6, 6.07) is 7.72. The van der Waals surface area contributed by atoms with Crippen LogP contribution < -0.4 is 4.74 Å². The number of rotatable bonds is 29. The van der Waals surface area contributed by atoms with Crippen molar-refractivity contribution >= 4 is 34.1 Å². The SMILES string of the molecule is CCOP(=O)(CC(=O)O[C@@H](C[C@H](O[Si](C(C)C)(C(C)C)C(C)C)/C(C)=C/C=C/[C@@H](C)[C@H]1C[C@@H](CC=O)CC(=O)O1)[C@@H](C)[C@@H](OC)/C(C)=C/COCc1ccc(OC)cc1)OCC. The van der Waals surface area contributed by atoms with Gasteiger partial charge in [0.05, 0.1) is 45.7 Å². The van der Waals surface area contributed by atoms with E-state index in [0.717, 1.165) is 28.7 Å². The van der Waals surface area contributed by atoms with Gasteiger partial charge in [-0.15, -0.1) is 0 Å². The van der Waals surface area contributed by atoms with E-state index in [0.29, 0.717) is 32.5 Å². The Morgan fingerprint density at radius 3 is 2.08 bits per heavy atom. The zero-order chi connectivity index (χ0) is 46.6. The normalized spacial score (nSPS) is 19.4. The van der Waals surface area contributed by atoms with Gasteiger partial charge in [0.1, 0.15) is 30.4 Å². The number of benzene rings is 1. The first-order chi connectivity index (χ1) is 29.3. The molecule has 0 N–H and O–H groups in total. The third-order valence-corrected chi connectivity index (χ3v) is 20.1. The number of carbonyl (C=O) groups is 3. The average molecular weight is 907 g/mol. The molecule has 0 aliphatic carbocycles. The van der Waals surface area contributed by atoms with Gasteiger partial charge in [-0.1, -0.05) is 91.8 Å². The molecule has 7 atom stereocenters. The molecule has 0 saturated carbocycles. The highest BCUT2D eigenvalue weighted by Gasteiger charge is 2.48. The molecule has 0 aromatic heterocycles. The minimum atomic E-state index is -3.77. The molecule has 1 aromatic rings. The van der Waals surface area contributed by atoms with Gasteiger partial charge in [0.15, 0.2) is 0 Å². The number of allylic oxidation sites excluding steroid dienone is 2. The van der Waals surface area contributed by atoms with Gasteiger partial charge < -0.3 is 42.0 Å². The summed E-state index contributed by atoms with van der Waals surface area (Å²) in [6.45, 7) is 25.8. The third-order valence-electron chi connectivity index (χ3n) is 12.1. The Morgan fingerprint density at radius 2 is 1.55 bits per heavy atom. The van der Waals surface area contributed by atoms with Crippen molar-refractivity contribution in [2.24, 2.45) is 17.8 Å². The fourth-order valence-corrected chi connectivity index (χ4v) is 15.9. The largest absolute Gasteiger partial charge is 0.497 e. The Balaban J connectivity index is 2.60. The number of cyclic esters (lactones) is 1. The molecule has 12 nitrogen and oxygen atoms in total. The molecule has 0 bridgehead atoms. The van der Waals surface area contributed by atoms with E-state index < -0.39 is 46.4 Å². The molecular weight excluding hydrogens is 828 g/mol. The molecular formula is C48H79O12PSi. The Kier molecular flexibility index (Phi) is 24.4.